The van der Waals surface area contributed by atoms with Gasteiger partial charge in [-0.25, -0.2) is 0 Å². The van der Waals surface area contributed by atoms with Gasteiger partial charge in [-0.3, -0.25) is 4.79 Å². The van der Waals surface area contributed by atoms with Gasteiger partial charge in [0.15, 0.2) is 5.76 Å². The van der Waals surface area contributed by atoms with Gasteiger partial charge in [0.25, 0.3) is 0 Å². The van der Waals surface area contributed by atoms with Crippen LogP contribution in [0.1, 0.15) is 43.0 Å². The van der Waals surface area contributed by atoms with Gasteiger partial charge < -0.3 is 4.42 Å². The lowest BCUT2D eigenvalue weighted by Crippen LogP contribution is -2.11. The van der Waals surface area contributed by atoms with Crippen molar-refractivity contribution in [2.24, 2.45) is 5.92 Å². The van der Waals surface area contributed by atoms with E-state index in [0.717, 1.165) is 18.6 Å². The number of carbonyl (C=O) groups excluding carboxylic acids is 1. The van der Waals surface area contributed by atoms with E-state index in [1.165, 1.54) is 0 Å². The van der Waals surface area contributed by atoms with Gasteiger partial charge in [0.2, 0.25) is 5.78 Å². The Bertz CT molecular complexity index is 282. The van der Waals surface area contributed by atoms with Crippen molar-refractivity contribution in [1.29, 1.82) is 0 Å². The van der Waals surface area contributed by atoms with E-state index >= 15 is 0 Å². The molecule has 0 spiro atoms. The van der Waals surface area contributed by atoms with E-state index in [-0.39, 0.29) is 11.7 Å². The molecule has 0 aliphatic rings. The van der Waals surface area contributed by atoms with Crippen molar-refractivity contribution in [1.82, 2.24) is 0 Å². The molecule has 0 saturated carbocycles. The van der Waals surface area contributed by atoms with Crippen molar-refractivity contribution >= 4 is 5.78 Å². The molecule has 0 radical (unpaired) electrons. The second-order valence-electron chi connectivity index (χ2n) is 3.29. The van der Waals surface area contributed by atoms with Gasteiger partial charge in [-0.2, -0.15) is 0 Å². The highest BCUT2D eigenvalue weighted by molar-refractivity contribution is 5.95. The summed E-state index contributed by atoms with van der Waals surface area (Å²) >= 11 is 0. The Morgan fingerprint density at radius 1 is 1.38 bits per heavy atom. The summed E-state index contributed by atoms with van der Waals surface area (Å²) in [6, 6.07) is 3.59. The fourth-order valence-corrected chi connectivity index (χ4v) is 1.43. The Hall–Kier alpha value is -1.05. The zero-order valence-electron chi connectivity index (χ0n) is 8.46. The zero-order valence-corrected chi connectivity index (χ0v) is 8.46. The molecule has 72 valence electrons. The van der Waals surface area contributed by atoms with Crippen molar-refractivity contribution < 1.29 is 9.21 Å². The maximum atomic E-state index is 11.7. The summed E-state index contributed by atoms with van der Waals surface area (Å²) in [6.45, 7) is 5.91. The number of ketones is 1. The summed E-state index contributed by atoms with van der Waals surface area (Å²) in [7, 11) is 0. The van der Waals surface area contributed by atoms with Crippen LogP contribution in [0.2, 0.25) is 0 Å². The molecule has 1 aromatic rings. The smallest absolute Gasteiger partial charge is 0.201 e. The number of hydrogen-bond donors (Lipinski definition) is 0. The lowest BCUT2D eigenvalue weighted by atomic mass is 9.97. The molecule has 0 N–H and O–H groups in total. The molecule has 0 bridgehead atoms. The van der Waals surface area contributed by atoms with Crippen molar-refractivity contribution in [2.75, 3.05) is 0 Å². The fourth-order valence-electron chi connectivity index (χ4n) is 1.43. The van der Waals surface area contributed by atoms with Crippen LogP contribution in [0.4, 0.5) is 0 Å². The molecule has 2 heteroatoms. The highest BCUT2D eigenvalue weighted by Crippen LogP contribution is 2.17. The first-order chi connectivity index (χ1) is 6.19. The molecule has 0 amide bonds. The second kappa shape index (κ2) is 4.26. The van der Waals surface area contributed by atoms with Gasteiger partial charge in [0.05, 0.1) is 0 Å². The Morgan fingerprint density at radius 2 is 2.00 bits per heavy atom. The van der Waals surface area contributed by atoms with Crippen LogP contribution in [-0.2, 0) is 0 Å². The largest absolute Gasteiger partial charge is 0.458 e. The molecule has 1 heterocycles. The third kappa shape index (κ3) is 2.20. The van der Waals surface area contributed by atoms with Crippen LogP contribution in [0.15, 0.2) is 16.5 Å². The number of rotatable bonds is 4. The van der Waals surface area contributed by atoms with Gasteiger partial charge in [-0.15, -0.1) is 0 Å². The minimum absolute atomic E-state index is 0.116. The number of furan rings is 1. The van der Waals surface area contributed by atoms with Gasteiger partial charge >= 0.3 is 0 Å². The lowest BCUT2D eigenvalue weighted by Gasteiger charge is -2.07. The highest BCUT2D eigenvalue weighted by Gasteiger charge is 2.18. The van der Waals surface area contributed by atoms with Crippen molar-refractivity contribution in [2.45, 2.75) is 33.6 Å². The first kappa shape index (κ1) is 10.0. The van der Waals surface area contributed by atoms with Gasteiger partial charge in [0, 0.05) is 5.92 Å². The molecule has 1 aromatic heterocycles. The predicted octanol–water partition coefficient (Wildman–Crippen LogP) is 3.21. The maximum absolute atomic E-state index is 11.7. The molecular weight excluding hydrogens is 164 g/mol. The summed E-state index contributed by atoms with van der Waals surface area (Å²) in [4.78, 5) is 11.7. The normalized spacial score (nSPS) is 10.8. The van der Waals surface area contributed by atoms with Crippen LogP contribution in [0.25, 0.3) is 0 Å². The number of Topliss-reactive ketones (excluding diaryl/α,β-unsaturated/α-hetero) is 1. The minimum Gasteiger partial charge on any atom is -0.458 e. The van der Waals surface area contributed by atoms with Crippen LogP contribution in [0, 0.1) is 12.8 Å². The van der Waals surface area contributed by atoms with Gasteiger partial charge in [0.1, 0.15) is 5.76 Å². The fraction of sp³-hybridized carbons (Fsp3) is 0.545. The summed E-state index contributed by atoms with van der Waals surface area (Å²) in [6.07, 6.45) is 1.77. The van der Waals surface area contributed by atoms with Crippen molar-refractivity contribution in [3.8, 4) is 0 Å². The van der Waals surface area contributed by atoms with Crippen LogP contribution in [0.3, 0.4) is 0 Å². The summed E-state index contributed by atoms with van der Waals surface area (Å²) < 4.78 is 5.28. The molecule has 1 rings (SSSR count). The quantitative estimate of drug-likeness (QED) is 0.666. The molecule has 0 fully saturated rings. The first-order valence-electron chi connectivity index (χ1n) is 4.79. The molecule has 0 aliphatic carbocycles. The minimum atomic E-state index is 0.116. The van der Waals surface area contributed by atoms with Crippen molar-refractivity contribution in [3.63, 3.8) is 0 Å². The van der Waals surface area contributed by atoms with Crippen LogP contribution < -0.4 is 0 Å². The van der Waals surface area contributed by atoms with E-state index in [1.807, 2.05) is 26.8 Å². The van der Waals surface area contributed by atoms with E-state index in [1.54, 1.807) is 6.07 Å². The molecule has 2 nitrogen and oxygen atoms in total. The van der Waals surface area contributed by atoms with Crippen LogP contribution >= 0.6 is 0 Å². The van der Waals surface area contributed by atoms with Crippen LogP contribution in [-0.4, -0.2) is 5.78 Å². The van der Waals surface area contributed by atoms with E-state index in [0.29, 0.717) is 5.76 Å². The summed E-state index contributed by atoms with van der Waals surface area (Å²) in [5.41, 5.74) is 0. The van der Waals surface area contributed by atoms with Crippen molar-refractivity contribution in [3.05, 3.63) is 23.7 Å². The highest BCUT2D eigenvalue weighted by atomic mass is 16.3. The molecule has 13 heavy (non-hydrogen) atoms. The lowest BCUT2D eigenvalue weighted by molar-refractivity contribution is 0.0883. The Morgan fingerprint density at radius 3 is 2.38 bits per heavy atom. The van der Waals surface area contributed by atoms with E-state index in [4.69, 9.17) is 4.42 Å². The predicted molar refractivity (Wildman–Crippen MR) is 51.8 cm³/mol. The van der Waals surface area contributed by atoms with E-state index in [9.17, 15) is 4.79 Å². The summed E-state index contributed by atoms with van der Waals surface area (Å²) in [5.74, 6) is 1.56. The Balaban J connectivity index is 2.78. The second-order valence-corrected chi connectivity index (χ2v) is 3.29. The average molecular weight is 180 g/mol. The average Bonchev–Trinajstić information content (AvgIpc) is 2.54. The van der Waals surface area contributed by atoms with Crippen LogP contribution in [0.5, 0.6) is 0 Å². The Kier molecular flexibility index (Phi) is 3.29. The topological polar surface area (TPSA) is 30.2 Å². The third-order valence-electron chi connectivity index (χ3n) is 2.34. The molecule has 0 atom stereocenters. The Labute approximate surface area is 78.9 Å². The van der Waals surface area contributed by atoms with Gasteiger partial charge in [-0.1, -0.05) is 13.8 Å². The summed E-state index contributed by atoms with van der Waals surface area (Å²) in [5, 5.41) is 0. The first-order valence-corrected chi connectivity index (χ1v) is 4.79. The van der Waals surface area contributed by atoms with E-state index in [2.05, 4.69) is 0 Å². The van der Waals surface area contributed by atoms with Gasteiger partial charge in [-0.05, 0) is 31.9 Å². The number of aryl methyl sites for hydroxylation is 1. The number of carbonyl (C=O) groups is 1. The molecular formula is C11H16O2. The SMILES string of the molecule is CCC(CC)C(=O)c1ccc(C)o1. The van der Waals surface area contributed by atoms with E-state index < -0.39 is 0 Å². The molecule has 0 aromatic carbocycles. The number of hydrogen-bond acceptors (Lipinski definition) is 2. The zero-order chi connectivity index (χ0) is 9.84. The molecule has 0 saturated heterocycles. The standard InChI is InChI=1S/C11H16O2/c1-4-9(5-2)11(12)10-7-6-8(3)13-10/h6-7,9H,4-5H2,1-3H3. The molecule has 0 unspecified atom stereocenters. The molecule has 0 aliphatic heterocycles. The maximum Gasteiger partial charge on any atom is 0.201 e. The third-order valence-corrected chi connectivity index (χ3v) is 2.34. The monoisotopic (exact) mass is 180 g/mol.